The van der Waals surface area contributed by atoms with Crippen LogP contribution in [0.4, 0.5) is 4.79 Å². The minimum Gasteiger partial charge on any atom is -0.476 e. The van der Waals surface area contributed by atoms with E-state index in [1.165, 1.54) is 21.6 Å². The number of carbonyl (C=O) groups excluding carboxylic acids is 1. The summed E-state index contributed by atoms with van der Waals surface area (Å²) in [4.78, 5) is 28.0. The van der Waals surface area contributed by atoms with Crippen LogP contribution in [0.1, 0.15) is 36.3 Å². The monoisotopic (exact) mass is 301 g/mol. The van der Waals surface area contributed by atoms with E-state index in [0.717, 1.165) is 0 Å². The standard InChI is InChI=1S/C12H19N3O4S/c1-4-15(7-12(2,3)19)11(18)13-5-9-14-8(6-20-9)10(16)17/h6,19H,4-5,7H2,1-3H3,(H,13,18)(H,16,17). The Morgan fingerprint density at radius 2 is 2.15 bits per heavy atom. The molecule has 0 aromatic carbocycles. The van der Waals surface area contributed by atoms with Gasteiger partial charge in [0.2, 0.25) is 0 Å². The fraction of sp³-hybridized carbons (Fsp3) is 0.583. The molecule has 0 unspecified atom stereocenters. The van der Waals surface area contributed by atoms with Crippen molar-refractivity contribution >= 4 is 23.3 Å². The zero-order chi connectivity index (χ0) is 15.3. The third kappa shape index (κ3) is 5.14. The maximum absolute atomic E-state index is 11.9. The number of nitrogens with one attached hydrogen (secondary N) is 1. The normalized spacial score (nSPS) is 11.2. The minimum absolute atomic E-state index is 0.0249. The van der Waals surface area contributed by atoms with E-state index in [-0.39, 0.29) is 24.8 Å². The lowest BCUT2D eigenvalue weighted by atomic mass is 10.1. The van der Waals surface area contributed by atoms with Gasteiger partial charge in [-0.1, -0.05) is 0 Å². The molecule has 0 saturated carbocycles. The van der Waals surface area contributed by atoms with Crippen molar-refractivity contribution in [3.8, 4) is 0 Å². The van der Waals surface area contributed by atoms with Crippen molar-refractivity contribution in [2.75, 3.05) is 13.1 Å². The number of hydrogen-bond acceptors (Lipinski definition) is 5. The first kappa shape index (κ1) is 16.4. The number of urea groups is 1. The molecule has 1 aromatic heterocycles. The maximum Gasteiger partial charge on any atom is 0.355 e. The second-order valence-electron chi connectivity index (χ2n) is 4.92. The number of aromatic nitrogens is 1. The van der Waals surface area contributed by atoms with Gasteiger partial charge in [0.1, 0.15) is 5.01 Å². The second-order valence-corrected chi connectivity index (χ2v) is 5.86. The van der Waals surface area contributed by atoms with E-state index in [0.29, 0.717) is 11.6 Å². The average molecular weight is 301 g/mol. The molecule has 0 spiro atoms. The molecule has 7 nitrogen and oxygen atoms in total. The van der Waals surface area contributed by atoms with Gasteiger partial charge in [-0.15, -0.1) is 11.3 Å². The molecule has 0 aliphatic heterocycles. The predicted octanol–water partition coefficient (Wildman–Crippen LogP) is 1.14. The van der Waals surface area contributed by atoms with E-state index in [1.54, 1.807) is 13.8 Å². The van der Waals surface area contributed by atoms with Crippen LogP contribution in [0.2, 0.25) is 0 Å². The van der Waals surface area contributed by atoms with Crippen LogP contribution < -0.4 is 5.32 Å². The van der Waals surface area contributed by atoms with Gasteiger partial charge in [-0.3, -0.25) is 0 Å². The van der Waals surface area contributed by atoms with Crippen molar-refractivity contribution in [3.63, 3.8) is 0 Å². The van der Waals surface area contributed by atoms with Crippen LogP contribution in [0, 0.1) is 0 Å². The summed E-state index contributed by atoms with van der Waals surface area (Å²) in [7, 11) is 0. The van der Waals surface area contributed by atoms with Crippen LogP contribution in [-0.2, 0) is 6.54 Å². The number of carboxylic acids is 1. The molecule has 1 aromatic rings. The summed E-state index contributed by atoms with van der Waals surface area (Å²) in [5.74, 6) is -1.09. The van der Waals surface area contributed by atoms with Crippen LogP contribution in [0.15, 0.2) is 5.38 Å². The zero-order valence-electron chi connectivity index (χ0n) is 11.7. The first-order chi connectivity index (χ1) is 9.23. The zero-order valence-corrected chi connectivity index (χ0v) is 12.5. The molecule has 2 amide bonds. The summed E-state index contributed by atoms with van der Waals surface area (Å²) < 4.78 is 0. The van der Waals surface area contributed by atoms with Crippen LogP contribution in [0.25, 0.3) is 0 Å². The quantitative estimate of drug-likeness (QED) is 0.731. The second kappa shape index (κ2) is 6.67. The van der Waals surface area contributed by atoms with E-state index in [2.05, 4.69) is 10.3 Å². The van der Waals surface area contributed by atoms with Crippen LogP contribution >= 0.6 is 11.3 Å². The molecule has 8 heteroatoms. The highest BCUT2D eigenvalue weighted by atomic mass is 32.1. The fourth-order valence-corrected chi connectivity index (χ4v) is 2.26. The summed E-state index contributed by atoms with van der Waals surface area (Å²) in [5.41, 5.74) is -0.992. The lowest BCUT2D eigenvalue weighted by Crippen LogP contribution is -2.46. The highest BCUT2D eigenvalue weighted by Gasteiger charge is 2.21. The third-order valence-electron chi connectivity index (χ3n) is 2.41. The molecule has 20 heavy (non-hydrogen) atoms. The lowest BCUT2D eigenvalue weighted by molar-refractivity contribution is 0.0479. The Bertz CT molecular complexity index is 481. The average Bonchev–Trinajstić information content (AvgIpc) is 2.80. The van der Waals surface area contributed by atoms with Crippen molar-refractivity contribution in [1.82, 2.24) is 15.2 Å². The number of aromatic carboxylic acids is 1. The Morgan fingerprint density at radius 1 is 1.50 bits per heavy atom. The van der Waals surface area contributed by atoms with Gasteiger partial charge in [-0.25, -0.2) is 14.6 Å². The number of amides is 2. The lowest BCUT2D eigenvalue weighted by Gasteiger charge is -2.28. The summed E-state index contributed by atoms with van der Waals surface area (Å²) in [5, 5.41) is 23.1. The first-order valence-electron chi connectivity index (χ1n) is 6.16. The van der Waals surface area contributed by atoms with Crippen molar-refractivity contribution in [2.24, 2.45) is 0 Å². The van der Waals surface area contributed by atoms with Crippen LogP contribution in [-0.4, -0.2) is 50.8 Å². The topological polar surface area (TPSA) is 103 Å². The van der Waals surface area contributed by atoms with Crippen molar-refractivity contribution in [1.29, 1.82) is 0 Å². The summed E-state index contributed by atoms with van der Waals surface area (Å²) >= 11 is 1.18. The molecule has 3 N–H and O–H groups in total. The molecule has 0 bridgehead atoms. The van der Waals surface area contributed by atoms with E-state index in [4.69, 9.17) is 5.11 Å². The van der Waals surface area contributed by atoms with Gasteiger partial charge in [0.25, 0.3) is 0 Å². The van der Waals surface area contributed by atoms with Crippen molar-refractivity contribution < 1.29 is 19.8 Å². The van der Waals surface area contributed by atoms with Gasteiger partial charge in [0.15, 0.2) is 5.69 Å². The Kier molecular flexibility index (Phi) is 5.46. The van der Waals surface area contributed by atoms with Crippen molar-refractivity contribution in [2.45, 2.75) is 32.9 Å². The largest absolute Gasteiger partial charge is 0.476 e. The predicted molar refractivity (Wildman–Crippen MR) is 74.9 cm³/mol. The number of carbonyl (C=O) groups is 2. The Morgan fingerprint density at radius 3 is 2.60 bits per heavy atom. The maximum atomic E-state index is 11.9. The van der Waals surface area contributed by atoms with E-state index in [9.17, 15) is 14.7 Å². The molecular weight excluding hydrogens is 282 g/mol. The molecule has 0 radical (unpaired) electrons. The van der Waals surface area contributed by atoms with E-state index < -0.39 is 11.6 Å². The fourth-order valence-electron chi connectivity index (χ4n) is 1.55. The van der Waals surface area contributed by atoms with Gasteiger partial charge < -0.3 is 20.4 Å². The van der Waals surface area contributed by atoms with Gasteiger partial charge in [-0.2, -0.15) is 0 Å². The molecule has 0 atom stereocenters. The highest BCUT2D eigenvalue weighted by Crippen LogP contribution is 2.10. The number of rotatable bonds is 6. The first-order valence-corrected chi connectivity index (χ1v) is 7.03. The number of thiazole rings is 1. The molecule has 1 heterocycles. The number of nitrogens with zero attached hydrogens (tertiary/aromatic N) is 2. The molecule has 1 rings (SSSR count). The highest BCUT2D eigenvalue weighted by molar-refractivity contribution is 7.09. The molecular formula is C12H19N3O4S. The third-order valence-corrected chi connectivity index (χ3v) is 3.26. The molecule has 0 saturated heterocycles. The van der Waals surface area contributed by atoms with E-state index >= 15 is 0 Å². The summed E-state index contributed by atoms with van der Waals surface area (Å²) in [6, 6.07) is -0.318. The van der Waals surface area contributed by atoms with Gasteiger partial charge in [-0.05, 0) is 20.8 Å². The molecule has 0 aliphatic rings. The van der Waals surface area contributed by atoms with Crippen LogP contribution in [0.3, 0.4) is 0 Å². The number of aliphatic hydroxyl groups is 1. The van der Waals surface area contributed by atoms with Gasteiger partial charge in [0.05, 0.1) is 18.7 Å². The number of likely N-dealkylation sites (N-methyl/N-ethyl adjacent to an activating group) is 1. The Labute approximate surface area is 121 Å². The minimum atomic E-state index is -1.09. The number of carboxylic acid groups (broad SMARTS) is 1. The smallest absolute Gasteiger partial charge is 0.355 e. The summed E-state index contributed by atoms with van der Waals surface area (Å²) in [6.07, 6.45) is 0. The van der Waals surface area contributed by atoms with Crippen LogP contribution in [0.5, 0.6) is 0 Å². The summed E-state index contributed by atoms with van der Waals surface area (Å²) in [6.45, 7) is 5.92. The SMILES string of the molecule is CCN(CC(C)(C)O)C(=O)NCc1nc(C(=O)O)cs1. The Balaban J connectivity index is 2.54. The number of hydrogen-bond donors (Lipinski definition) is 3. The Hall–Kier alpha value is -1.67. The molecule has 0 aliphatic carbocycles. The van der Waals surface area contributed by atoms with E-state index in [1.807, 2.05) is 6.92 Å². The molecule has 0 fully saturated rings. The van der Waals surface area contributed by atoms with Gasteiger partial charge in [0, 0.05) is 11.9 Å². The molecule has 112 valence electrons. The van der Waals surface area contributed by atoms with Gasteiger partial charge >= 0.3 is 12.0 Å². The van der Waals surface area contributed by atoms with Crippen molar-refractivity contribution in [3.05, 3.63) is 16.1 Å².